The number of hydrogen-bond acceptors (Lipinski definition) is 6. The van der Waals surface area contributed by atoms with Crippen LogP contribution in [0.25, 0.3) is 0 Å². The van der Waals surface area contributed by atoms with Gasteiger partial charge in [0.25, 0.3) is 0 Å². The predicted octanol–water partition coefficient (Wildman–Crippen LogP) is 1.69. The maximum absolute atomic E-state index is 10.6. The number of aliphatic hydroxyl groups is 1. The minimum atomic E-state index is -0.581. The lowest BCUT2D eigenvalue weighted by Crippen LogP contribution is -2.40. The van der Waals surface area contributed by atoms with Crippen molar-refractivity contribution in [3.8, 4) is 0 Å². The number of rotatable bonds is 5. The normalized spacial score (nSPS) is 20.6. The maximum atomic E-state index is 10.6. The minimum absolute atomic E-state index is 0.472. The molecular weight excluding hydrogens is 266 g/mol. The van der Waals surface area contributed by atoms with Gasteiger partial charge in [-0.05, 0) is 32.6 Å². The summed E-state index contributed by atoms with van der Waals surface area (Å²) in [6.07, 6.45) is 6.27. The summed E-state index contributed by atoms with van der Waals surface area (Å²) < 4.78 is 0. The van der Waals surface area contributed by atoms with Gasteiger partial charge in [-0.3, -0.25) is 0 Å². The molecule has 6 heteroatoms. The standard InChI is InChI=1S/C15H25N5O/c1-10-12(19-16)17-13(11-5-6-11)18-14(10)20(2)9-15(21)7-3-4-8-15/h11,21H,3-9,16H2,1-2H3,(H,17,18,19). The van der Waals surface area contributed by atoms with E-state index in [2.05, 4.69) is 15.3 Å². The first kappa shape index (κ1) is 14.5. The molecule has 0 unspecified atom stereocenters. The Hall–Kier alpha value is -1.40. The first-order valence-corrected chi connectivity index (χ1v) is 7.81. The highest BCUT2D eigenvalue weighted by atomic mass is 16.3. The highest BCUT2D eigenvalue weighted by Gasteiger charge is 2.34. The summed E-state index contributed by atoms with van der Waals surface area (Å²) in [5.41, 5.74) is 3.03. The molecule has 0 radical (unpaired) electrons. The second kappa shape index (κ2) is 5.42. The Morgan fingerprint density at radius 1 is 1.33 bits per heavy atom. The number of nitrogen functional groups attached to an aromatic ring is 1. The van der Waals surface area contributed by atoms with E-state index in [-0.39, 0.29) is 0 Å². The highest BCUT2D eigenvalue weighted by Crippen LogP contribution is 2.40. The zero-order valence-electron chi connectivity index (χ0n) is 12.9. The molecule has 1 aromatic rings. The second-order valence-corrected chi connectivity index (χ2v) is 6.59. The lowest BCUT2D eigenvalue weighted by Gasteiger charge is -2.30. The van der Waals surface area contributed by atoms with E-state index < -0.39 is 5.60 Å². The minimum Gasteiger partial charge on any atom is -0.388 e. The van der Waals surface area contributed by atoms with Crippen LogP contribution in [0.5, 0.6) is 0 Å². The Balaban J connectivity index is 1.87. The molecule has 0 saturated heterocycles. The second-order valence-electron chi connectivity index (χ2n) is 6.59. The fourth-order valence-corrected chi connectivity index (χ4v) is 3.27. The fourth-order valence-electron chi connectivity index (χ4n) is 3.27. The van der Waals surface area contributed by atoms with Gasteiger partial charge in [0, 0.05) is 25.1 Å². The van der Waals surface area contributed by atoms with Crippen molar-refractivity contribution in [2.75, 3.05) is 23.9 Å². The molecule has 1 heterocycles. The zero-order valence-corrected chi connectivity index (χ0v) is 12.9. The first-order chi connectivity index (χ1) is 10.0. The number of likely N-dealkylation sites (N-methyl/N-ethyl adjacent to an activating group) is 1. The van der Waals surface area contributed by atoms with Gasteiger partial charge in [0.2, 0.25) is 0 Å². The maximum Gasteiger partial charge on any atom is 0.148 e. The molecule has 2 aliphatic rings. The van der Waals surface area contributed by atoms with Crippen LogP contribution in [0, 0.1) is 6.92 Å². The molecule has 0 spiro atoms. The van der Waals surface area contributed by atoms with E-state index in [0.29, 0.717) is 18.3 Å². The van der Waals surface area contributed by atoms with E-state index in [1.165, 1.54) is 0 Å². The summed E-state index contributed by atoms with van der Waals surface area (Å²) in [4.78, 5) is 11.3. The lowest BCUT2D eigenvalue weighted by atomic mass is 10.0. The summed E-state index contributed by atoms with van der Waals surface area (Å²) in [6, 6.07) is 0. The van der Waals surface area contributed by atoms with Crippen molar-refractivity contribution < 1.29 is 5.11 Å². The molecule has 0 atom stereocenters. The van der Waals surface area contributed by atoms with E-state index in [1.54, 1.807) is 0 Å². The monoisotopic (exact) mass is 291 g/mol. The quantitative estimate of drug-likeness (QED) is 0.565. The summed E-state index contributed by atoms with van der Waals surface area (Å²) in [7, 11) is 1.99. The van der Waals surface area contributed by atoms with Crippen LogP contribution >= 0.6 is 0 Å². The smallest absolute Gasteiger partial charge is 0.148 e. The molecule has 2 saturated carbocycles. The van der Waals surface area contributed by atoms with Crippen LogP contribution in [-0.2, 0) is 0 Å². The SMILES string of the molecule is Cc1c(NN)nc(C2CC2)nc1N(C)CC1(O)CCCC1. The Kier molecular flexibility index (Phi) is 3.75. The third kappa shape index (κ3) is 2.96. The third-order valence-electron chi connectivity index (χ3n) is 4.64. The van der Waals surface area contributed by atoms with E-state index >= 15 is 0 Å². The molecule has 4 N–H and O–H groups in total. The van der Waals surface area contributed by atoms with Crippen LogP contribution in [0.15, 0.2) is 0 Å². The largest absolute Gasteiger partial charge is 0.388 e. The third-order valence-corrected chi connectivity index (χ3v) is 4.64. The molecule has 2 aliphatic carbocycles. The van der Waals surface area contributed by atoms with Crippen LogP contribution in [0.1, 0.15) is 55.8 Å². The molecule has 0 aromatic carbocycles. The predicted molar refractivity (Wildman–Crippen MR) is 83.2 cm³/mol. The van der Waals surface area contributed by atoms with E-state index in [1.807, 2.05) is 14.0 Å². The topological polar surface area (TPSA) is 87.3 Å². The van der Waals surface area contributed by atoms with Crippen LogP contribution in [0.4, 0.5) is 11.6 Å². The van der Waals surface area contributed by atoms with Crippen LogP contribution in [0.3, 0.4) is 0 Å². The lowest BCUT2D eigenvalue weighted by molar-refractivity contribution is 0.0557. The van der Waals surface area contributed by atoms with Crippen LogP contribution in [-0.4, -0.2) is 34.3 Å². The van der Waals surface area contributed by atoms with Gasteiger partial charge >= 0.3 is 0 Å². The molecule has 1 aromatic heterocycles. The molecular formula is C15H25N5O. The molecule has 0 amide bonds. The van der Waals surface area contributed by atoms with Crippen molar-refractivity contribution in [2.24, 2.45) is 5.84 Å². The number of nitrogens with two attached hydrogens (primary N) is 1. The van der Waals surface area contributed by atoms with Gasteiger partial charge in [-0.2, -0.15) is 0 Å². The number of hydrazine groups is 1. The van der Waals surface area contributed by atoms with E-state index in [9.17, 15) is 5.11 Å². The number of nitrogens with zero attached hydrogens (tertiary/aromatic N) is 3. The van der Waals surface area contributed by atoms with Crippen molar-refractivity contribution in [1.29, 1.82) is 0 Å². The van der Waals surface area contributed by atoms with Crippen molar-refractivity contribution in [3.05, 3.63) is 11.4 Å². The van der Waals surface area contributed by atoms with E-state index in [4.69, 9.17) is 10.8 Å². The summed E-state index contributed by atoms with van der Waals surface area (Å²) >= 11 is 0. The van der Waals surface area contributed by atoms with Gasteiger partial charge in [0.1, 0.15) is 17.5 Å². The molecule has 6 nitrogen and oxygen atoms in total. The molecule has 0 bridgehead atoms. The van der Waals surface area contributed by atoms with Gasteiger partial charge in [-0.1, -0.05) is 12.8 Å². The Morgan fingerprint density at radius 3 is 2.57 bits per heavy atom. The summed E-state index contributed by atoms with van der Waals surface area (Å²) in [6.45, 7) is 2.58. The summed E-state index contributed by atoms with van der Waals surface area (Å²) in [5, 5.41) is 10.6. The summed E-state index contributed by atoms with van der Waals surface area (Å²) in [5.74, 6) is 8.49. The number of anilines is 2. The number of hydrogen-bond donors (Lipinski definition) is 3. The molecule has 21 heavy (non-hydrogen) atoms. The fraction of sp³-hybridized carbons (Fsp3) is 0.733. The Labute approximate surface area is 125 Å². The van der Waals surface area contributed by atoms with Gasteiger partial charge < -0.3 is 15.4 Å². The Bertz CT molecular complexity index is 523. The number of aromatic nitrogens is 2. The average Bonchev–Trinajstić information content (AvgIpc) is 3.22. The van der Waals surface area contributed by atoms with E-state index in [0.717, 1.165) is 55.7 Å². The molecule has 116 valence electrons. The van der Waals surface area contributed by atoms with Crippen LogP contribution in [0.2, 0.25) is 0 Å². The van der Waals surface area contributed by atoms with Crippen molar-refractivity contribution in [3.63, 3.8) is 0 Å². The van der Waals surface area contributed by atoms with Crippen molar-refractivity contribution in [2.45, 2.75) is 57.0 Å². The van der Waals surface area contributed by atoms with Gasteiger partial charge in [-0.15, -0.1) is 0 Å². The number of nitrogens with one attached hydrogen (secondary N) is 1. The highest BCUT2D eigenvalue weighted by molar-refractivity contribution is 5.58. The van der Waals surface area contributed by atoms with Gasteiger partial charge in [0.15, 0.2) is 0 Å². The van der Waals surface area contributed by atoms with Crippen molar-refractivity contribution >= 4 is 11.6 Å². The first-order valence-electron chi connectivity index (χ1n) is 7.81. The van der Waals surface area contributed by atoms with Gasteiger partial charge in [0.05, 0.1) is 5.60 Å². The zero-order chi connectivity index (χ0) is 15.0. The molecule has 0 aliphatic heterocycles. The average molecular weight is 291 g/mol. The van der Waals surface area contributed by atoms with Crippen LogP contribution < -0.4 is 16.2 Å². The van der Waals surface area contributed by atoms with Gasteiger partial charge in [-0.25, -0.2) is 15.8 Å². The molecule has 2 fully saturated rings. The Morgan fingerprint density at radius 2 is 2.00 bits per heavy atom. The molecule has 3 rings (SSSR count). The van der Waals surface area contributed by atoms with Crippen molar-refractivity contribution in [1.82, 2.24) is 9.97 Å².